The second-order valence-corrected chi connectivity index (χ2v) is 9.13. The maximum absolute atomic E-state index is 11.9. The normalized spacial score (nSPS) is 28.3. The van der Waals surface area contributed by atoms with E-state index >= 15 is 0 Å². The molecule has 3 fully saturated rings. The molecule has 0 radical (unpaired) electrons. The Balaban J connectivity index is 1.55. The first-order valence-electron chi connectivity index (χ1n) is 9.65. The average molecular weight is 422 g/mol. The fraction of sp³-hybridized carbons (Fsp3) is 0.500. The molecule has 2 heterocycles. The molecule has 1 unspecified atom stereocenters. The van der Waals surface area contributed by atoms with Crippen molar-refractivity contribution in [2.75, 3.05) is 31.1 Å². The predicted octanol–water partition coefficient (Wildman–Crippen LogP) is 2.99. The van der Waals surface area contributed by atoms with Gasteiger partial charge in [0.2, 0.25) is 0 Å². The van der Waals surface area contributed by atoms with E-state index in [4.69, 9.17) is 16.7 Å². The zero-order valence-corrected chi connectivity index (χ0v) is 17.1. The van der Waals surface area contributed by atoms with Crippen LogP contribution in [0.4, 0.5) is 10.5 Å². The molecule has 1 aliphatic carbocycles. The monoisotopic (exact) mass is 421 g/mol. The molecule has 150 valence electrons. The highest BCUT2D eigenvalue weighted by molar-refractivity contribution is 8.18. The first-order chi connectivity index (χ1) is 13.5. The Morgan fingerprint density at radius 1 is 1.43 bits per heavy atom. The van der Waals surface area contributed by atoms with Crippen LogP contribution in [0.5, 0.6) is 0 Å². The lowest BCUT2D eigenvalue weighted by Gasteiger charge is -2.37. The van der Waals surface area contributed by atoms with Crippen LogP contribution in [0.2, 0.25) is 5.02 Å². The van der Waals surface area contributed by atoms with E-state index in [0.29, 0.717) is 16.0 Å². The van der Waals surface area contributed by atoms with Gasteiger partial charge in [0.1, 0.15) is 0 Å². The van der Waals surface area contributed by atoms with Gasteiger partial charge in [-0.25, -0.2) is 0 Å². The van der Waals surface area contributed by atoms with Crippen LogP contribution in [-0.2, 0) is 4.79 Å². The van der Waals surface area contributed by atoms with E-state index in [1.54, 1.807) is 6.08 Å². The molecule has 6 nitrogen and oxygen atoms in total. The van der Waals surface area contributed by atoms with Crippen molar-refractivity contribution in [3.63, 3.8) is 0 Å². The highest BCUT2D eigenvalue weighted by Crippen LogP contribution is 2.53. The minimum Gasteiger partial charge on any atom is -0.396 e. The van der Waals surface area contributed by atoms with Crippen LogP contribution in [0.25, 0.3) is 6.08 Å². The number of imide groups is 1. The molecule has 8 heteroatoms. The summed E-state index contributed by atoms with van der Waals surface area (Å²) in [7, 11) is 0. The van der Waals surface area contributed by atoms with Crippen LogP contribution in [0.3, 0.4) is 0 Å². The molecule has 2 atom stereocenters. The van der Waals surface area contributed by atoms with Gasteiger partial charge in [-0.05, 0) is 56.1 Å². The summed E-state index contributed by atoms with van der Waals surface area (Å²) in [5.41, 5.74) is 2.05. The first kappa shape index (κ1) is 19.8. The number of nitrogens with one attached hydrogen (secondary N) is 2. The third kappa shape index (κ3) is 3.94. The van der Waals surface area contributed by atoms with Gasteiger partial charge >= 0.3 is 0 Å². The summed E-state index contributed by atoms with van der Waals surface area (Å²) in [6.07, 6.45) is 5.96. The molecule has 2 amide bonds. The van der Waals surface area contributed by atoms with Crippen molar-refractivity contribution in [3.05, 3.63) is 33.7 Å². The van der Waals surface area contributed by atoms with E-state index < -0.39 is 0 Å². The SMILES string of the molecule is O=C1NC(=O)/C(=C/c2cccc(Cl)c2N2CCCC3(C[C@@H]3NCCCO)C2)S1. The van der Waals surface area contributed by atoms with E-state index in [-0.39, 0.29) is 23.2 Å². The lowest BCUT2D eigenvalue weighted by molar-refractivity contribution is -0.115. The number of halogens is 1. The number of nitrogens with zero attached hydrogens (tertiary/aromatic N) is 1. The highest BCUT2D eigenvalue weighted by atomic mass is 35.5. The minimum atomic E-state index is -0.355. The van der Waals surface area contributed by atoms with Gasteiger partial charge < -0.3 is 15.3 Å². The number of carbonyl (C=O) groups excluding carboxylic acids is 2. The third-order valence-electron chi connectivity index (χ3n) is 5.79. The number of para-hydroxylation sites is 1. The lowest BCUT2D eigenvalue weighted by atomic mass is 9.93. The number of amides is 2. The molecule has 0 aromatic heterocycles. The summed E-state index contributed by atoms with van der Waals surface area (Å²) < 4.78 is 0. The molecule has 3 N–H and O–H groups in total. The average Bonchev–Trinajstić information content (AvgIpc) is 3.20. The molecule has 4 rings (SSSR count). The Labute approximate surface area is 173 Å². The Morgan fingerprint density at radius 2 is 2.29 bits per heavy atom. The zero-order valence-electron chi connectivity index (χ0n) is 15.5. The van der Waals surface area contributed by atoms with Gasteiger partial charge in [0.25, 0.3) is 11.1 Å². The van der Waals surface area contributed by atoms with Crippen molar-refractivity contribution < 1.29 is 14.7 Å². The van der Waals surface area contributed by atoms with E-state index in [0.717, 1.165) is 61.9 Å². The predicted molar refractivity (Wildman–Crippen MR) is 113 cm³/mol. The number of rotatable bonds is 6. The van der Waals surface area contributed by atoms with Crippen LogP contribution in [0, 0.1) is 5.41 Å². The van der Waals surface area contributed by atoms with Gasteiger partial charge in [0.15, 0.2) is 0 Å². The molecule has 28 heavy (non-hydrogen) atoms. The smallest absolute Gasteiger partial charge is 0.290 e. The lowest BCUT2D eigenvalue weighted by Crippen LogP contribution is -2.40. The standard InChI is InChI=1S/C20H24ClN3O3S/c21-14-5-1-4-13(10-15-18(26)23-19(27)28-15)17(14)24-8-2-6-20(12-24)11-16(20)22-7-3-9-25/h1,4-5,10,16,22,25H,2-3,6-9,11-12H2,(H,23,26,27)/b15-10-/t16-,20?/m0/s1. The number of aliphatic hydroxyl groups is 1. The molecule has 3 aliphatic rings. The van der Waals surface area contributed by atoms with Crippen LogP contribution in [0.1, 0.15) is 31.2 Å². The van der Waals surface area contributed by atoms with Crippen LogP contribution < -0.4 is 15.5 Å². The highest BCUT2D eigenvalue weighted by Gasteiger charge is 2.55. The Morgan fingerprint density at radius 3 is 3.04 bits per heavy atom. The molecule has 1 saturated carbocycles. The van der Waals surface area contributed by atoms with E-state index in [1.807, 2.05) is 18.2 Å². The fourth-order valence-electron chi connectivity index (χ4n) is 4.34. The molecule has 0 bridgehead atoms. The van der Waals surface area contributed by atoms with E-state index in [1.165, 1.54) is 6.42 Å². The van der Waals surface area contributed by atoms with Crippen molar-refractivity contribution in [3.8, 4) is 0 Å². The fourth-order valence-corrected chi connectivity index (χ4v) is 5.31. The first-order valence-corrected chi connectivity index (χ1v) is 10.8. The Kier molecular flexibility index (Phi) is 5.69. The topological polar surface area (TPSA) is 81.7 Å². The maximum atomic E-state index is 11.9. The summed E-state index contributed by atoms with van der Waals surface area (Å²) in [4.78, 5) is 26.1. The second kappa shape index (κ2) is 8.06. The number of thioether (sulfide) groups is 1. The molecule has 2 aliphatic heterocycles. The molecular weight excluding hydrogens is 398 g/mol. The summed E-state index contributed by atoms with van der Waals surface area (Å²) >= 11 is 7.50. The van der Waals surface area contributed by atoms with Gasteiger partial charge in [0, 0.05) is 36.7 Å². The molecule has 1 aromatic carbocycles. The van der Waals surface area contributed by atoms with E-state index in [2.05, 4.69) is 15.5 Å². The second-order valence-electron chi connectivity index (χ2n) is 7.71. The van der Waals surface area contributed by atoms with Crippen LogP contribution in [0.15, 0.2) is 23.1 Å². The molecule has 1 aromatic rings. The number of hydrogen-bond acceptors (Lipinski definition) is 6. The Bertz CT molecular complexity index is 831. The van der Waals surface area contributed by atoms with Crippen molar-refractivity contribution >= 4 is 46.3 Å². The number of benzene rings is 1. The summed E-state index contributed by atoms with van der Waals surface area (Å²) in [6, 6.07) is 6.17. The molecular formula is C20H24ClN3O3S. The van der Waals surface area contributed by atoms with Gasteiger partial charge in [-0.2, -0.15) is 0 Å². The van der Waals surface area contributed by atoms with Gasteiger partial charge in [0.05, 0.1) is 15.6 Å². The summed E-state index contributed by atoms with van der Waals surface area (Å²) in [5.74, 6) is -0.355. The minimum absolute atomic E-state index is 0.213. The maximum Gasteiger partial charge on any atom is 0.290 e. The number of hydrogen-bond donors (Lipinski definition) is 3. The van der Waals surface area contributed by atoms with Crippen molar-refractivity contribution in [1.82, 2.24) is 10.6 Å². The van der Waals surface area contributed by atoms with Crippen LogP contribution in [-0.4, -0.2) is 48.5 Å². The number of carbonyl (C=O) groups is 2. The zero-order chi connectivity index (χ0) is 19.7. The van der Waals surface area contributed by atoms with Gasteiger partial charge in [-0.3, -0.25) is 14.9 Å². The Hall–Kier alpha value is -1.54. The van der Waals surface area contributed by atoms with Crippen LogP contribution >= 0.6 is 23.4 Å². The number of piperidine rings is 1. The number of aliphatic hydroxyl groups excluding tert-OH is 1. The van der Waals surface area contributed by atoms with Gasteiger partial charge in [-0.15, -0.1) is 0 Å². The number of anilines is 1. The van der Waals surface area contributed by atoms with Crippen molar-refractivity contribution in [2.24, 2.45) is 5.41 Å². The molecule has 1 spiro atoms. The van der Waals surface area contributed by atoms with Crippen molar-refractivity contribution in [1.29, 1.82) is 0 Å². The molecule has 2 saturated heterocycles. The third-order valence-corrected chi connectivity index (χ3v) is 6.90. The van der Waals surface area contributed by atoms with Gasteiger partial charge in [-0.1, -0.05) is 23.7 Å². The van der Waals surface area contributed by atoms with E-state index in [9.17, 15) is 9.59 Å². The quantitative estimate of drug-likeness (QED) is 0.484. The summed E-state index contributed by atoms with van der Waals surface area (Å²) in [6.45, 7) is 2.89. The van der Waals surface area contributed by atoms with Crippen molar-refractivity contribution in [2.45, 2.75) is 31.7 Å². The summed E-state index contributed by atoms with van der Waals surface area (Å²) in [5, 5.41) is 15.2. The largest absolute Gasteiger partial charge is 0.396 e.